The Balaban J connectivity index is 1.28. The Bertz CT molecular complexity index is 1840. The third-order valence-corrected chi connectivity index (χ3v) is 11.7. The monoisotopic (exact) mass is 834 g/mol. The first kappa shape index (κ1) is 47.5. The first-order valence-corrected chi connectivity index (χ1v) is 23.0. The van der Waals surface area contributed by atoms with Crippen LogP contribution in [0.25, 0.3) is 11.1 Å². The lowest BCUT2D eigenvalue weighted by Gasteiger charge is -2.38. The van der Waals surface area contributed by atoms with Crippen molar-refractivity contribution in [2.24, 2.45) is 0 Å². The number of nitrogens with zero attached hydrogens (tertiary/aromatic N) is 1. The maximum atomic E-state index is 13.0. The molecule has 9 heteroatoms. The Labute approximate surface area is 365 Å². The lowest BCUT2D eigenvalue weighted by molar-refractivity contribution is -0.253. The van der Waals surface area contributed by atoms with Crippen LogP contribution >= 0.6 is 0 Å². The number of amides is 2. The highest BCUT2D eigenvalue weighted by Crippen LogP contribution is 2.39. The molecule has 330 valence electrons. The largest absolute Gasteiger partial charge is 0.467 e. The van der Waals surface area contributed by atoms with E-state index in [-0.39, 0.29) is 25.4 Å². The number of hydrogen-bond acceptors (Lipinski definition) is 7. The lowest BCUT2D eigenvalue weighted by atomic mass is 9.98. The summed E-state index contributed by atoms with van der Waals surface area (Å²) in [5.41, 5.74) is 6.79. The molecule has 4 unspecified atom stereocenters. The van der Waals surface area contributed by atoms with Crippen LogP contribution in [0.4, 0.5) is 4.79 Å². The maximum Gasteiger partial charge on any atom is 0.328 e. The second-order valence-corrected chi connectivity index (χ2v) is 16.6. The molecule has 0 bridgehead atoms. The third-order valence-electron chi connectivity index (χ3n) is 11.7. The minimum Gasteiger partial charge on any atom is -0.467 e. The Morgan fingerprint density at radius 3 is 1.98 bits per heavy atom. The second kappa shape index (κ2) is 26.7. The normalized spacial score (nSPS) is 16.9. The number of aliphatic hydroxyl groups excluding tert-OH is 1. The van der Waals surface area contributed by atoms with Crippen LogP contribution < -0.4 is 10.6 Å². The minimum absolute atomic E-state index is 0.00782. The molecule has 0 radical (unpaired) electrons. The van der Waals surface area contributed by atoms with Crippen LogP contribution in [0.15, 0.2) is 103 Å². The zero-order valence-electron chi connectivity index (χ0n) is 37.0. The van der Waals surface area contributed by atoms with Crippen LogP contribution in [0.1, 0.15) is 138 Å². The molecule has 0 aromatic heterocycles. The van der Waals surface area contributed by atoms with Gasteiger partial charge in [-0.1, -0.05) is 169 Å². The van der Waals surface area contributed by atoms with Crippen molar-refractivity contribution in [3.63, 3.8) is 0 Å². The highest BCUT2D eigenvalue weighted by molar-refractivity contribution is 5.83. The van der Waals surface area contributed by atoms with Crippen molar-refractivity contribution in [3.8, 4) is 11.1 Å². The molecule has 1 aliphatic rings. The van der Waals surface area contributed by atoms with Crippen LogP contribution in [0.2, 0.25) is 0 Å². The van der Waals surface area contributed by atoms with Gasteiger partial charge in [0.25, 0.3) is 0 Å². The van der Waals surface area contributed by atoms with E-state index >= 15 is 0 Å². The van der Waals surface area contributed by atoms with Gasteiger partial charge in [0.05, 0.1) is 25.9 Å². The van der Waals surface area contributed by atoms with Crippen molar-refractivity contribution < 1.29 is 28.9 Å². The van der Waals surface area contributed by atoms with Crippen molar-refractivity contribution >= 4 is 12.0 Å². The number of nitrogens with one attached hydrogen (secondary N) is 2. The molecule has 1 fully saturated rings. The molecular weight excluding hydrogens is 763 g/mol. The molecule has 61 heavy (non-hydrogen) atoms. The molecule has 1 heterocycles. The predicted molar refractivity (Wildman–Crippen MR) is 245 cm³/mol. The van der Waals surface area contributed by atoms with Gasteiger partial charge >= 0.3 is 12.0 Å². The standard InChI is InChI=1S/C52H71N3O6/c1-4-6-8-10-12-17-31-55(32-18-13-11-9-7-5-2)38-47-36-49(43-29-27-41(39-56)28-30-43)61-51(60-47)46-26-20-25-45(35-46)44-24-19-23-42(33-44)37-53-52(58)54-48(50(57)59-3)34-40-21-15-14-16-22-40/h14-16,19-30,33,35,47-49,51,56H,4-13,17-18,31-32,34,36-39H2,1-3H3,(H2,53,54,58). The molecule has 4 atom stereocenters. The molecule has 5 rings (SSSR count). The summed E-state index contributed by atoms with van der Waals surface area (Å²) in [6.07, 6.45) is 15.7. The van der Waals surface area contributed by atoms with Crippen molar-refractivity contribution in [1.29, 1.82) is 0 Å². The third kappa shape index (κ3) is 16.4. The molecule has 0 saturated carbocycles. The van der Waals surface area contributed by atoms with Gasteiger partial charge < -0.3 is 34.9 Å². The molecule has 1 aliphatic heterocycles. The Morgan fingerprint density at radius 1 is 0.705 bits per heavy atom. The molecule has 1 saturated heterocycles. The topological polar surface area (TPSA) is 109 Å². The van der Waals surface area contributed by atoms with Crippen LogP contribution in [0.3, 0.4) is 0 Å². The van der Waals surface area contributed by atoms with Crippen molar-refractivity contribution in [1.82, 2.24) is 15.5 Å². The van der Waals surface area contributed by atoms with Crippen molar-refractivity contribution in [2.75, 3.05) is 26.7 Å². The van der Waals surface area contributed by atoms with E-state index in [2.05, 4.69) is 71.8 Å². The van der Waals surface area contributed by atoms with E-state index in [1.807, 2.05) is 60.7 Å². The Kier molecular flexibility index (Phi) is 20.8. The summed E-state index contributed by atoms with van der Waals surface area (Å²) in [5.74, 6) is -0.497. The van der Waals surface area contributed by atoms with Crippen LogP contribution in [-0.2, 0) is 38.6 Å². The fourth-order valence-corrected chi connectivity index (χ4v) is 8.15. The number of esters is 1. The van der Waals surface area contributed by atoms with Gasteiger partial charge in [0.2, 0.25) is 0 Å². The van der Waals surface area contributed by atoms with Crippen LogP contribution in [0, 0.1) is 0 Å². The summed E-state index contributed by atoms with van der Waals surface area (Å²) in [6.45, 7) is 7.87. The molecule has 2 amide bonds. The average molecular weight is 834 g/mol. The van der Waals surface area contributed by atoms with Crippen LogP contribution in [-0.4, -0.2) is 60.9 Å². The smallest absolute Gasteiger partial charge is 0.328 e. The fraction of sp³-hybridized carbons (Fsp3) is 0.500. The number of aliphatic hydroxyl groups is 1. The molecule has 3 N–H and O–H groups in total. The number of benzene rings is 4. The number of carbonyl (C=O) groups is 2. The predicted octanol–water partition coefficient (Wildman–Crippen LogP) is 11.0. The summed E-state index contributed by atoms with van der Waals surface area (Å²) in [7, 11) is 1.32. The van der Waals surface area contributed by atoms with E-state index in [4.69, 9.17) is 14.2 Å². The second-order valence-electron chi connectivity index (χ2n) is 16.6. The van der Waals surface area contributed by atoms with Gasteiger partial charge in [0, 0.05) is 31.5 Å². The molecule has 4 aromatic rings. The molecule has 4 aromatic carbocycles. The molecular formula is C52H71N3O6. The van der Waals surface area contributed by atoms with E-state index in [0.29, 0.717) is 6.42 Å². The molecule has 0 aliphatic carbocycles. The number of rotatable bonds is 26. The zero-order chi connectivity index (χ0) is 43.1. The number of hydrogen-bond donors (Lipinski definition) is 3. The lowest BCUT2D eigenvalue weighted by Crippen LogP contribution is -2.47. The van der Waals surface area contributed by atoms with E-state index in [1.54, 1.807) is 0 Å². The fourth-order valence-electron chi connectivity index (χ4n) is 8.15. The maximum absolute atomic E-state index is 13.0. The average Bonchev–Trinajstić information content (AvgIpc) is 3.30. The Hall–Kier alpha value is -4.54. The number of ether oxygens (including phenoxy) is 3. The van der Waals surface area contributed by atoms with E-state index in [0.717, 1.165) is 65.0 Å². The number of urea groups is 1. The summed E-state index contributed by atoms with van der Waals surface area (Å²) >= 11 is 0. The van der Waals surface area contributed by atoms with Gasteiger partial charge in [0.15, 0.2) is 6.29 Å². The van der Waals surface area contributed by atoms with Crippen LogP contribution in [0.5, 0.6) is 0 Å². The SMILES string of the molecule is CCCCCCCCN(CCCCCCCC)CC1CC(c2ccc(CO)cc2)OC(c2cccc(-c3cccc(CNC(=O)NC(Cc4ccccc4)C(=O)OC)c3)c2)O1. The Morgan fingerprint density at radius 2 is 1.33 bits per heavy atom. The van der Waals surface area contributed by atoms with E-state index in [9.17, 15) is 14.7 Å². The number of unbranched alkanes of at least 4 members (excludes halogenated alkanes) is 10. The van der Waals surface area contributed by atoms with Gasteiger partial charge in [-0.25, -0.2) is 9.59 Å². The highest BCUT2D eigenvalue weighted by Gasteiger charge is 2.33. The van der Waals surface area contributed by atoms with Crippen molar-refractivity contribution in [2.45, 2.75) is 141 Å². The molecule has 9 nitrogen and oxygen atoms in total. The molecule has 0 spiro atoms. The summed E-state index contributed by atoms with van der Waals surface area (Å²) in [6, 6.07) is 32.9. The quantitative estimate of drug-likeness (QED) is 0.0427. The first-order chi connectivity index (χ1) is 29.9. The minimum atomic E-state index is -0.812. The first-order valence-electron chi connectivity index (χ1n) is 23.0. The number of carbonyl (C=O) groups excluding carboxylic acids is 2. The van der Waals surface area contributed by atoms with Gasteiger partial charge in [-0.05, 0) is 71.4 Å². The summed E-state index contributed by atoms with van der Waals surface area (Å²) in [4.78, 5) is 28.1. The van der Waals surface area contributed by atoms with E-state index in [1.165, 1.54) is 84.2 Å². The summed E-state index contributed by atoms with van der Waals surface area (Å²) in [5, 5.41) is 15.4. The number of methoxy groups -OCH3 is 1. The van der Waals surface area contributed by atoms with Crippen molar-refractivity contribution in [3.05, 3.63) is 131 Å². The van der Waals surface area contributed by atoms with E-state index < -0.39 is 24.3 Å². The van der Waals surface area contributed by atoms with Gasteiger partial charge in [-0.2, -0.15) is 0 Å². The zero-order valence-corrected chi connectivity index (χ0v) is 37.0. The van der Waals surface area contributed by atoms with Gasteiger partial charge in [-0.15, -0.1) is 0 Å². The highest BCUT2D eigenvalue weighted by atomic mass is 16.7. The summed E-state index contributed by atoms with van der Waals surface area (Å²) < 4.78 is 18.7. The van der Waals surface area contributed by atoms with Gasteiger partial charge in [-0.3, -0.25) is 0 Å². The van der Waals surface area contributed by atoms with Gasteiger partial charge in [0.1, 0.15) is 6.04 Å².